The third kappa shape index (κ3) is 7.28. The summed E-state index contributed by atoms with van der Waals surface area (Å²) in [7, 11) is 0. The van der Waals surface area contributed by atoms with E-state index in [4.69, 9.17) is 11.1 Å². The number of anilines is 1. The lowest BCUT2D eigenvalue weighted by atomic mass is 10.0. The van der Waals surface area contributed by atoms with E-state index in [1.54, 1.807) is 19.1 Å². The van der Waals surface area contributed by atoms with Gasteiger partial charge in [-0.3, -0.25) is 20.3 Å². The lowest BCUT2D eigenvalue weighted by Crippen LogP contribution is -2.35. The Kier molecular flexibility index (Phi) is 8.75. The van der Waals surface area contributed by atoms with Crippen molar-refractivity contribution < 1.29 is 27.2 Å². The van der Waals surface area contributed by atoms with E-state index in [0.29, 0.717) is 5.69 Å². The zero-order chi connectivity index (χ0) is 25.8. The quantitative estimate of drug-likeness (QED) is 0.179. The van der Waals surface area contributed by atoms with Crippen molar-refractivity contribution >= 4 is 36.0 Å². The number of carbonyl (C=O) groups excluding carboxylic acids is 2. The normalized spacial score (nSPS) is 10.4. The van der Waals surface area contributed by atoms with E-state index in [1.807, 2.05) is 5.32 Å². The van der Waals surface area contributed by atoms with E-state index >= 15 is 0 Å². The van der Waals surface area contributed by atoms with Gasteiger partial charge < -0.3 is 11.1 Å². The fraction of sp³-hybridized carbons (Fsp3) is 0.0833. The smallest absolute Gasteiger partial charge is 0.370 e. The molecular formula is C24H18ClF4N5O2. The van der Waals surface area contributed by atoms with Gasteiger partial charge in [-0.05, 0) is 55.5 Å². The Morgan fingerprint density at radius 1 is 1.00 bits per heavy atom. The van der Waals surface area contributed by atoms with Crippen molar-refractivity contribution in [2.24, 2.45) is 5.73 Å². The van der Waals surface area contributed by atoms with E-state index in [0.717, 1.165) is 30.3 Å². The van der Waals surface area contributed by atoms with Gasteiger partial charge in [0.05, 0.1) is 11.1 Å². The number of pyridine rings is 1. The number of hydrogen-bond donors (Lipinski definition) is 4. The van der Waals surface area contributed by atoms with Gasteiger partial charge in [0.1, 0.15) is 11.6 Å². The van der Waals surface area contributed by atoms with Crippen LogP contribution in [0.5, 0.6) is 0 Å². The van der Waals surface area contributed by atoms with E-state index < -0.39 is 40.9 Å². The van der Waals surface area contributed by atoms with Crippen molar-refractivity contribution in [3.8, 4) is 11.8 Å². The molecule has 12 heteroatoms. The number of nitrogens with zero attached hydrogens (tertiary/aromatic N) is 1. The van der Waals surface area contributed by atoms with Crippen molar-refractivity contribution in [1.29, 1.82) is 5.41 Å². The topological polar surface area (TPSA) is 121 Å². The number of benzene rings is 2. The molecule has 3 rings (SSSR count). The second-order valence-electron chi connectivity index (χ2n) is 7.22. The number of amides is 2. The third-order valence-electron chi connectivity index (χ3n) is 4.46. The molecule has 7 nitrogen and oxygen atoms in total. The summed E-state index contributed by atoms with van der Waals surface area (Å²) in [6, 6.07) is 10.6. The molecule has 0 spiro atoms. The molecule has 5 N–H and O–H groups in total. The molecule has 1 heterocycles. The van der Waals surface area contributed by atoms with Crippen LogP contribution in [0.2, 0.25) is 0 Å². The number of halogens is 5. The highest BCUT2D eigenvalue weighted by atomic mass is 35.5. The SMILES string of the molecule is Cc1cccc(NC(=O)c2cc(C#Cc3cc(F)cc(C(=O)NC(=N)N)c3)ccc2C(F)(F)F)n1.Cl. The zero-order valence-corrected chi connectivity index (χ0v) is 19.3. The summed E-state index contributed by atoms with van der Waals surface area (Å²) < 4.78 is 54.5. The largest absolute Gasteiger partial charge is 0.417 e. The molecule has 36 heavy (non-hydrogen) atoms. The van der Waals surface area contributed by atoms with Crippen LogP contribution in [-0.2, 0) is 6.18 Å². The van der Waals surface area contributed by atoms with E-state index in [2.05, 4.69) is 22.1 Å². The predicted octanol–water partition coefficient (Wildman–Crippen LogP) is 4.25. The molecule has 186 valence electrons. The second-order valence-corrected chi connectivity index (χ2v) is 7.22. The first-order chi connectivity index (χ1) is 16.4. The summed E-state index contributed by atoms with van der Waals surface area (Å²) in [6.45, 7) is 1.66. The molecule has 0 bridgehead atoms. The number of aromatic nitrogens is 1. The number of carbonyl (C=O) groups is 2. The Morgan fingerprint density at radius 3 is 2.33 bits per heavy atom. The number of aryl methyl sites for hydroxylation is 1. The standard InChI is InChI=1S/C24H17F4N5O2.ClH/c1-13-3-2-4-20(31-13)32-22(35)18-11-14(7-8-19(18)24(26,27)28)5-6-15-9-16(12-17(25)10-15)21(34)33-23(29)30;/h2-4,7-12H,1H3,(H,31,32,35)(H4,29,30,33,34);1H. The Morgan fingerprint density at radius 2 is 1.69 bits per heavy atom. The minimum atomic E-state index is -4.81. The van der Waals surface area contributed by atoms with Gasteiger partial charge in [0.25, 0.3) is 11.8 Å². The first-order valence-corrected chi connectivity index (χ1v) is 9.86. The van der Waals surface area contributed by atoms with Crippen molar-refractivity contribution in [2.45, 2.75) is 13.1 Å². The van der Waals surface area contributed by atoms with Crippen LogP contribution in [0.1, 0.15) is 43.1 Å². The summed E-state index contributed by atoms with van der Waals surface area (Å²) >= 11 is 0. The maximum Gasteiger partial charge on any atom is 0.417 e. The van der Waals surface area contributed by atoms with Crippen LogP contribution in [0, 0.1) is 30.0 Å². The molecule has 3 aromatic rings. The zero-order valence-electron chi connectivity index (χ0n) is 18.5. The van der Waals surface area contributed by atoms with Crippen molar-refractivity contribution in [3.05, 3.63) is 93.9 Å². The number of nitrogens with two attached hydrogens (primary N) is 1. The van der Waals surface area contributed by atoms with E-state index in [9.17, 15) is 27.2 Å². The highest BCUT2D eigenvalue weighted by Gasteiger charge is 2.35. The van der Waals surface area contributed by atoms with Crippen LogP contribution in [0.3, 0.4) is 0 Å². The molecule has 0 fully saturated rings. The highest BCUT2D eigenvalue weighted by molar-refractivity contribution is 6.05. The molecule has 0 saturated heterocycles. The van der Waals surface area contributed by atoms with Crippen LogP contribution in [0.15, 0.2) is 54.6 Å². The maximum absolute atomic E-state index is 13.9. The van der Waals surface area contributed by atoms with Gasteiger partial charge in [-0.15, -0.1) is 12.4 Å². The fourth-order valence-corrected chi connectivity index (χ4v) is 2.99. The molecule has 2 amide bonds. The summed E-state index contributed by atoms with van der Waals surface area (Å²) in [6.07, 6.45) is -4.81. The summed E-state index contributed by atoms with van der Waals surface area (Å²) in [5, 5.41) is 11.4. The van der Waals surface area contributed by atoms with Crippen LogP contribution >= 0.6 is 12.4 Å². The number of alkyl halides is 3. The van der Waals surface area contributed by atoms with Gasteiger partial charge in [0.15, 0.2) is 5.96 Å². The number of guanidine groups is 1. The monoisotopic (exact) mass is 519 g/mol. The van der Waals surface area contributed by atoms with Crippen LogP contribution < -0.4 is 16.4 Å². The highest BCUT2D eigenvalue weighted by Crippen LogP contribution is 2.33. The molecular weight excluding hydrogens is 502 g/mol. The Labute approximate surface area is 209 Å². The molecule has 0 unspecified atom stereocenters. The van der Waals surface area contributed by atoms with Gasteiger partial charge >= 0.3 is 6.18 Å². The average Bonchev–Trinajstić information content (AvgIpc) is 2.76. The lowest BCUT2D eigenvalue weighted by Gasteiger charge is -2.13. The molecule has 0 aliphatic carbocycles. The van der Waals surface area contributed by atoms with Crippen molar-refractivity contribution in [2.75, 3.05) is 5.32 Å². The minimum Gasteiger partial charge on any atom is -0.370 e. The van der Waals surface area contributed by atoms with Crippen LogP contribution in [0.4, 0.5) is 23.4 Å². The van der Waals surface area contributed by atoms with E-state index in [-0.39, 0.29) is 34.9 Å². The van der Waals surface area contributed by atoms with Gasteiger partial charge in [-0.1, -0.05) is 17.9 Å². The third-order valence-corrected chi connectivity index (χ3v) is 4.46. The number of nitrogens with one attached hydrogen (secondary N) is 3. The molecule has 1 aromatic heterocycles. The molecule has 0 saturated carbocycles. The van der Waals surface area contributed by atoms with Crippen molar-refractivity contribution in [1.82, 2.24) is 10.3 Å². The predicted molar refractivity (Wildman–Crippen MR) is 127 cm³/mol. The summed E-state index contributed by atoms with van der Waals surface area (Å²) in [5.74, 6) is 1.89. The Bertz CT molecular complexity index is 1400. The Balaban J connectivity index is 0.00000456. The molecule has 2 aromatic carbocycles. The summed E-state index contributed by atoms with van der Waals surface area (Å²) in [4.78, 5) is 28.7. The number of rotatable bonds is 3. The second kappa shape index (κ2) is 11.3. The van der Waals surface area contributed by atoms with Crippen LogP contribution in [0.25, 0.3) is 0 Å². The Hall–Kier alpha value is -4.43. The fourth-order valence-electron chi connectivity index (χ4n) is 2.99. The number of hydrogen-bond acceptors (Lipinski definition) is 4. The minimum absolute atomic E-state index is 0. The average molecular weight is 520 g/mol. The van der Waals surface area contributed by atoms with Crippen LogP contribution in [-0.4, -0.2) is 22.8 Å². The molecule has 0 aliphatic rings. The molecule has 0 radical (unpaired) electrons. The molecule has 0 aliphatic heterocycles. The van der Waals surface area contributed by atoms with Gasteiger partial charge in [-0.2, -0.15) is 13.2 Å². The van der Waals surface area contributed by atoms with Crippen molar-refractivity contribution in [3.63, 3.8) is 0 Å². The molecule has 0 atom stereocenters. The van der Waals surface area contributed by atoms with Gasteiger partial charge in [0.2, 0.25) is 0 Å². The maximum atomic E-state index is 13.9. The van der Waals surface area contributed by atoms with E-state index in [1.165, 1.54) is 12.1 Å². The van der Waals surface area contributed by atoms with Gasteiger partial charge in [0, 0.05) is 22.4 Å². The summed E-state index contributed by atoms with van der Waals surface area (Å²) in [5.41, 5.74) is 3.73. The first kappa shape index (κ1) is 27.8. The first-order valence-electron chi connectivity index (χ1n) is 9.86. The van der Waals surface area contributed by atoms with Gasteiger partial charge in [-0.25, -0.2) is 9.37 Å². The lowest BCUT2D eigenvalue weighted by molar-refractivity contribution is -0.137.